The molecule has 28 heavy (non-hydrogen) atoms. The van der Waals surface area contributed by atoms with E-state index in [1.165, 1.54) is 18.2 Å². The van der Waals surface area contributed by atoms with Crippen molar-refractivity contribution in [1.29, 1.82) is 0 Å². The number of benzene rings is 3. The minimum absolute atomic E-state index is 0.0546. The number of sulfonamides is 1. The quantitative estimate of drug-likeness (QED) is 0.578. The lowest BCUT2D eigenvalue weighted by atomic mass is 10.1. The van der Waals surface area contributed by atoms with Gasteiger partial charge in [0.1, 0.15) is 10.6 Å². The number of rotatable bonds is 7. The number of hydrazine groups is 1. The van der Waals surface area contributed by atoms with Gasteiger partial charge < -0.3 is 4.74 Å². The Balaban J connectivity index is 1.53. The van der Waals surface area contributed by atoms with Crippen LogP contribution in [-0.4, -0.2) is 20.9 Å². The lowest BCUT2D eigenvalue weighted by Crippen LogP contribution is -2.43. The van der Waals surface area contributed by atoms with Crippen molar-refractivity contribution in [1.82, 2.24) is 10.3 Å². The fraction of sp³-hybridized carbons (Fsp3) is 0.0500. The Labute approximate surface area is 168 Å². The molecule has 2 N–H and O–H groups in total. The normalized spacial score (nSPS) is 11.0. The fourth-order valence-electron chi connectivity index (χ4n) is 2.40. The zero-order valence-electron chi connectivity index (χ0n) is 14.6. The average Bonchev–Trinajstić information content (AvgIpc) is 2.72. The van der Waals surface area contributed by atoms with Gasteiger partial charge in [0.05, 0.1) is 5.02 Å². The maximum Gasteiger partial charge on any atom is 0.272 e. The first-order valence-electron chi connectivity index (χ1n) is 8.29. The van der Waals surface area contributed by atoms with E-state index in [0.717, 1.165) is 11.1 Å². The number of ether oxygens (including phenoxy) is 1. The summed E-state index contributed by atoms with van der Waals surface area (Å²) < 4.78 is 29.7. The molecule has 3 rings (SSSR count). The van der Waals surface area contributed by atoms with Crippen LogP contribution in [0, 0.1) is 0 Å². The van der Waals surface area contributed by atoms with E-state index in [1.807, 2.05) is 47.3 Å². The van der Waals surface area contributed by atoms with Crippen molar-refractivity contribution in [3.8, 4) is 16.9 Å². The van der Waals surface area contributed by atoms with Crippen molar-refractivity contribution in [3.63, 3.8) is 0 Å². The molecule has 3 aromatic carbocycles. The van der Waals surface area contributed by atoms with Crippen LogP contribution in [0.5, 0.6) is 5.75 Å². The zero-order valence-corrected chi connectivity index (χ0v) is 16.2. The number of hydrogen-bond donors (Lipinski definition) is 2. The van der Waals surface area contributed by atoms with E-state index in [0.29, 0.717) is 5.75 Å². The molecule has 0 aromatic heterocycles. The highest BCUT2D eigenvalue weighted by atomic mass is 35.5. The first-order chi connectivity index (χ1) is 13.5. The maximum absolute atomic E-state index is 12.2. The molecule has 0 unspecified atom stereocenters. The molecule has 0 saturated heterocycles. The second-order valence-electron chi connectivity index (χ2n) is 5.76. The summed E-state index contributed by atoms with van der Waals surface area (Å²) in [6.45, 7) is -0.351. The number of nitrogens with one attached hydrogen (secondary N) is 2. The summed E-state index contributed by atoms with van der Waals surface area (Å²) in [5, 5.41) is 0.0546. The third kappa shape index (κ3) is 5.10. The topological polar surface area (TPSA) is 84.5 Å². The van der Waals surface area contributed by atoms with Crippen molar-refractivity contribution in [2.24, 2.45) is 0 Å². The van der Waals surface area contributed by atoms with Crippen molar-refractivity contribution in [2.75, 3.05) is 6.61 Å². The molecule has 0 fully saturated rings. The molecule has 1 amide bonds. The molecular weight excluding hydrogens is 400 g/mol. The van der Waals surface area contributed by atoms with E-state index in [-0.39, 0.29) is 16.5 Å². The van der Waals surface area contributed by atoms with Crippen molar-refractivity contribution in [3.05, 3.63) is 83.9 Å². The largest absolute Gasteiger partial charge is 0.484 e. The molecule has 0 heterocycles. The van der Waals surface area contributed by atoms with Crippen LogP contribution in [0.3, 0.4) is 0 Å². The summed E-state index contributed by atoms with van der Waals surface area (Å²) >= 11 is 5.87. The fourth-order valence-corrected chi connectivity index (χ4v) is 3.78. The lowest BCUT2D eigenvalue weighted by Gasteiger charge is -2.10. The SMILES string of the molecule is O=C(COc1ccc(-c2ccccc2)cc1)NNS(=O)(=O)c1ccccc1Cl. The predicted molar refractivity (Wildman–Crippen MR) is 107 cm³/mol. The van der Waals surface area contributed by atoms with Crippen molar-refractivity contribution in [2.45, 2.75) is 4.90 Å². The highest BCUT2D eigenvalue weighted by molar-refractivity contribution is 7.89. The van der Waals surface area contributed by atoms with Gasteiger partial charge in [-0.3, -0.25) is 10.2 Å². The van der Waals surface area contributed by atoms with Crippen LogP contribution < -0.4 is 15.0 Å². The van der Waals surface area contributed by atoms with Gasteiger partial charge in [-0.2, -0.15) is 0 Å². The molecule has 0 saturated carbocycles. The molecule has 0 bridgehead atoms. The van der Waals surface area contributed by atoms with Crippen LogP contribution in [0.1, 0.15) is 0 Å². The molecule has 0 aliphatic carbocycles. The lowest BCUT2D eigenvalue weighted by molar-refractivity contribution is -0.123. The van der Waals surface area contributed by atoms with Gasteiger partial charge in [0.25, 0.3) is 15.9 Å². The molecule has 0 atom stereocenters. The minimum atomic E-state index is -3.97. The first kappa shape index (κ1) is 19.9. The van der Waals surface area contributed by atoms with Crippen LogP contribution in [0.4, 0.5) is 0 Å². The van der Waals surface area contributed by atoms with Gasteiger partial charge >= 0.3 is 0 Å². The van der Waals surface area contributed by atoms with E-state index in [4.69, 9.17) is 16.3 Å². The van der Waals surface area contributed by atoms with Crippen LogP contribution >= 0.6 is 11.6 Å². The Hall–Kier alpha value is -2.87. The second kappa shape index (κ2) is 8.88. The number of hydrogen-bond acceptors (Lipinski definition) is 4. The third-order valence-corrected chi connectivity index (χ3v) is 5.53. The van der Waals surface area contributed by atoms with Crippen LogP contribution in [0.15, 0.2) is 83.8 Å². The van der Waals surface area contributed by atoms with E-state index < -0.39 is 15.9 Å². The van der Waals surface area contributed by atoms with Crippen molar-refractivity contribution >= 4 is 27.5 Å². The first-order valence-corrected chi connectivity index (χ1v) is 10.2. The number of carbonyl (C=O) groups is 1. The summed E-state index contributed by atoms with van der Waals surface area (Å²) in [7, 11) is -3.97. The number of carbonyl (C=O) groups excluding carboxylic acids is 1. The predicted octanol–water partition coefficient (Wildman–Crippen LogP) is 3.40. The van der Waals surface area contributed by atoms with Gasteiger partial charge in [-0.15, -0.1) is 4.83 Å². The zero-order chi connectivity index (χ0) is 20.0. The molecule has 6 nitrogen and oxygen atoms in total. The van der Waals surface area contributed by atoms with E-state index in [2.05, 4.69) is 5.43 Å². The Morgan fingerprint density at radius 3 is 2.14 bits per heavy atom. The molecule has 0 aliphatic rings. The molecule has 0 spiro atoms. The Bertz CT molecular complexity index is 1060. The van der Waals surface area contributed by atoms with Crippen LogP contribution in [0.2, 0.25) is 5.02 Å². The minimum Gasteiger partial charge on any atom is -0.484 e. The van der Waals surface area contributed by atoms with Gasteiger partial charge in [0.15, 0.2) is 6.61 Å². The van der Waals surface area contributed by atoms with Crippen molar-refractivity contribution < 1.29 is 17.9 Å². The van der Waals surface area contributed by atoms with Gasteiger partial charge in [0.2, 0.25) is 0 Å². The monoisotopic (exact) mass is 416 g/mol. The molecule has 0 aliphatic heterocycles. The molecular formula is C20H17ClN2O4S. The second-order valence-corrected chi connectivity index (χ2v) is 7.82. The third-order valence-electron chi connectivity index (χ3n) is 3.78. The highest BCUT2D eigenvalue weighted by Gasteiger charge is 2.18. The Morgan fingerprint density at radius 2 is 1.46 bits per heavy atom. The standard InChI is InChI=1S/C20H17ClN2O4S/c21-18-8-4-5-9-19(18)28(25,26)23-22-20(24)14-27-17-12-10-16(11-13-17)15-6-2-1-3-7-15/h1-13,23H,14H2,(H,22,24). The average molecular weight is 417 g/mol. The Morgan fingerprint density at radius 1 is 0.857 bits per heavy atom. The number of halogens is 1. The number of amides is 1. The highest BCUT2D eigenvalue weighted by Crippen LogP contribution is 2.22. The van der Waals surface area contributed by atoms with E-state index in [9.17, 15) is 13.2 Å². The smallest absolute Gasteiger partial charge is 0.272 e. The van der Waals surface area contributed by atoms with Gasteiger partial charge in [0, 0.05) is 0 Å². The summed E-state index contributed by atoms with van der Waals surface area (Å²) in [4.78, 5) is 13.7. The summed E-state index contributed by atoms with van der Waals surface area (Å²) in [5.74, 6) is -0.161. The van der Waals surface area contributed by atoms with E-state index >= 15 is 0 Å². The van der Waals surface area contributed by atoms with Gasteiger partial charge in [-0.05, 0) is 35.4 Å². The Kier molecular flexibility index (Phi) is 6.30. The molecule has 0 radical (unpaired) electrons. The van der Waals surface area contributed by atoms with Gasteiger partial charge in [-0.25, -0.2) is 8.42 Å². The van der Waals surface area contributed by atoms with E-state index in [1.54, 1.807) is 18.2 Å². The molecule has 3 aromatic rings. The van der Waals surface area contributed by atoms with Crippen LogP contribution in [-0.2, 0) is 14.8 Å². The summed E-state index contributed by atoms with van der Waals surface area (Å²) in [6, 6.07) is 23.0. The summed E-state index contributed by atoms with van der Waals surface area (Å²) in [5.41, 5.74) is 4.18. The van der Waals surface area contributed by atoms with Gasteiger partial charge in [-0.1, -0.05) is 66.2 Å². The molecule has 8 heteroatoms. The maximum atomic E-state index is 12.2. The van der Waals surface area contributed by atoms with Crippen LogP contribution in [0.25, 0.3) is 11.1 Å². The summed E-state index contributed by atoms with van der Waals surface area (Å²) in [6.07, 6.45) is 0. The molecule has 144 valence electrons.